The molecule has 2 heteroatoms. The zero-order valence-corrected chi connectivity index (χ0v) is 14.1. The molecule has 21 heavy (non-hydrogen) atoms. The minimum atomic E-state index is -0.362. The maximum absolute atomic E-state index is 10.5. The van der Waals surface area contributed by atoms with Crippen LogP contribution in [0.2, 0.25) is 0 Å². The van der Waals surface area contributed by atoms with Gasteiger partial charge in [0.05, 0.1) is 33.8 Å². The Morgan fingerprint density at radius 2 is 1.76 bits per heavy atom. The van der Waals surface area contributed by atoms with E-state index < -0.39 is 0 Å². The molecule has 2 unspecified atom stereocenters. The largest absolute Gasteiger partial charge is 0.389 e. The lowest BCUT2D eigenvalue weighted by Gasteiger charge is -2.31. The Labute approximate surface area is 130 Å². The summed E-state index contributed by atoms with van der Waals surface area (Å²) in [6.45, 7) is 3.23. The van der Waals surface area contributed by atoms with Gasteiger partial charge in [-0.05, 0) is 12.0 Å². The van der Waals surface area contributed by atoms with E-state index in [1.807, 2.05) is 30.4 Å². The molecule has 118 valence electrons. The lowest BCUT2D eigenvalue weighted by atomic mass is 9.93. The minimum absolute atomic E-state index is 0.330. The van der Waals surface area contributed by atoms with E-state index in [0.717, 1.165) is 23.0 Å². The van der Waals surface area contributed by atoms with Gasteiger partial charge in [-0.2, -0.15) is 0 Å². The fourth-order valence-corrected chi connectivity index (χ4v) is 2.66. The van der Waals surface area contributed by atoms with Gasteiger partial charge < -0.3 is 9.59 Å². The summed E-state index contributed by atoms with van der Waals surface area (Å²) < 4.78 is 0.896. The molecule has 1 aromatic rings. The Morgan fingerprint density at radius 1 is 1.10 bits per heavy atom. The Kier molecular flexibility index (Phi) is 7.69. The van der Waals surface area contributed by atoms with E-state index in [2.05, 4.69) is 40.2 Å². The van der Waals surface area contributed by atoms with E-state index in [4.69, 9.17) is 0 Å². The zero-order valence-electron chi connectivity index (χ0n) is 14.1. The number of nitrogens with zero attached hydrogens (tertiary/aromatic N) is 1. The van der Waals surface area contributed by atoms with Crippen molar-refractivity contribution in [3.05, 3.63) is 42.0 Å². The Hall–Kier alpha value is -1.12. The average Bonchev–Trinajstić information content (AvgIpc) is 2.44. The molecular formula is C19H32NO+. The summed E-state index contributed by atoms with van der Waals surface area (Å²) in [5, 5.41) is 10.5. The fourth-order valence-electron chi connectivity index (χ4n) is 2.66. The van der Waals surface area contributed by atoms with Crippen molar-refractivity contribution in [3.63, 3.8) is 0 Å². The third-order valence-electron chi connectivity index (χ3n) is 3.73. The number of quaternary nitrogens is 1. The van der Waals surface area contributed by atoms with Crippen molar-refractivity contribution >= 4 is 6.08 Å². The van der Waals surface area contributed by atoms with Gasteiger partial charge in [-0.1, -0.05) is 68.7 Å². The van der Waals surface area contributed by atoms with Crippen molar-refractivity contribution in [1.29, 1.82) is 0 Å². The van der Waals surface area contributed by atoms with Crippen LogP contribution in [0, 0.1) is 5.92 Å². The maximum Gasteiger partial charge on any atom is 0.0837 e. The van der Waals surface area contributed by atoms with Gasteiger partial charge in [0, 0.05) is 5.92 Å². The quantitative estimate of drug-likeness (QED) is 0.539. The summed E-state index contributed by atoms with van der Waals surface area (Å²) in [7, 11) is 6.58. The Bertz CT molecular complexity index is 405. The van der Waals surface area contributed by atoms with Gasteiger partial charge in [0.2, 0.25) is 0 Å². The van der Waals surface area contributed by atoms with Crippen molar-refractivity contribution in [3.8, 4) is 0 Å². The molecule has 0 spiro atoms. The molecule has 0 aliphatic rings. The van der Waals surface area contributed by atoms with Crippen molar-refractivity contribution < 1.29 is 9.59 Å². The van der Waals surface area contributed by atoms with Gasteiger partial charge in [0.1, 0.15) is 0 Å². The van der Waals surface area contributed by atoms with E-state index in [0.29, 0.717) is 5.92 Å². The van der Waals surface area contributed by atoms with Gasteiger partial charge in [0.15, 0.2) is 0 Å². The molecule has 1 N–H and O–H groups in total. The normalized spacial score (nSPS) is 15.3. The van der Waals surface area contributed by atoms with Gasteiger partial charge >= 0.3 is 0 Å². The Morgan fingerprint density at radius 3 is 2.33 bits per heavy atom. The monoisotopic (exact) mass is 290 g/mol. The molecule has 0 radical (unpaired) electrons. The molecule has 0 fully saturated rings. The highest BCUT2D eigenvalue weighted by molar-refractivity contribution is 5.49. The zero-order chi connectivity index (χ0) is 15.7. The Balaban J connectivity index is 2.65. The van der Waals surface area contributed by atoms with Crippen LogP contribution in [-0.2, 0) is 0 Å². The summed E-state index contributed by atoms with van der Waals surface area (Å²) in [5.74, 6) is 0.330. The highest BCUT2D eigenvalue weighted by Crippen LogP contribution is 2.19. The highest BCUT2D eigenvalue weighted by atomic mass is 16.3. The molecule has 0 saturated carbocycles. The molecule has 0 saturated heterocycles. The summed E-state index contributed by atoms with van der Waals surface area (Å²) in [6.07, 6.45) is 8.42. The predicted octanol–water partition coefficient (Wildman–Crippen LogP) is 3.96. The smallest absolute Gasteiger partial charge is 0.0837 e. The minimum Gasteiger partial charge on any atom is -0.389 e. The number of rotatable bonds is 9. The first-order valence-corrected chi connectivity index (χ1v) is 8.14. The molecule has 2 atom stereocenters. The van der Waals surface area contributed by atoms with Gasteiger partial charge in [-0.3, -0.25) is 0 Å². The first kappa shape index (κ1) is 17.9. The molecule has 0 aliphatic heterocycles. The van der Waals surface area contributed by atoms with Gasteiger partial charge in [-0.25, -0.2) is 0 Å². The third-order valence-corrected chi connectivity index (χ3v) is 3.73. The average molecular weight is 290 g/mol. The van der Waals surface area contributed by atoms with Crippen LogP contribution in [0.5, 0.6) is 0 Å². The van der Waals surface area contributed by atoms with Crippen molar-refractivity contribution in [2.45, 2.75) is 38.7 Å². The first-order chi connectivity index (χ1) is 9.92. The van der Waals surface area contributed by atoms with Gasteiger partial charge in [-0.15, -0.1) is 0 Å². The molecule has 1 aromatic carbocycles. The SMILES string of the molecule is CCCCCC(C[N+](C)(C)C)C(O)/C=C\c1ccccc1. The van der Waals surface area contributed by atoms with Crippen LogP contribution in [0.4, 0.5) is 0 Å². The fraction of sp³-hybridized carbons (Fsp3) is 0.579. The number of unbranched alkanes of at least 4 members (excludes halogenated alkanes) is 2. The molecule has 0 aliphatic carbocycles. The van der Waals surface area contributed by atoms with Crippen LogP contribution in [0.1, 0.15) is 38.2 Å². The number of hydrogen-bond donors (Lipinski definition) is 1. The van der Waals surface area contributed by atoms with Crippen molar-refractivity contribution in [2.24, 2.45) is 5.92 Å². The molecule has 0 bridgehead atoms. The topological polar surface area (TPSA) is 20.2 Å². The van der Waals surface area contributed by atoms with Crippen LogP contribution >= 0.6 is 0 Å². The van der Waals surface area contributed by atoms with E-state index in [9.17, 15) is 5.11 Å². The standard InChI is InChI=1S/C19H32NO/c1-5-6-8-13-18(16-20(2,3)4)19(21)15-14-17-11-9-7-10-12-17/h7,9-12,14-15,18-19,21H,5-6,8,13,16H2,1-4H3/q+1/b15-14-. The summed E-state index contributed by atoms with van der Waals surface area (Å²) >= 11 is 0. The molecular weight excluding hydrogens is 258 g/mol. The second-order valence-corrected chi connectivity index (χ2v) is 6.99. The lowest BCUT2D eigenvalue weighted by molar-refractivity contribution is -0.874. The molecule has 1 rings (SSSR count). The second kappa shape index (κ2) is 9.01. The maximum atomic E-state index is 10.5. The van der Waals surface area contributed by atoms with Gasteiger partial charge in [0.25, 0.3) is 0 Å². The molecule has 0 aromatic heterocycles. The van der Waals surface area contributed by atoms with Crippen LogP contribution in [0.15, 0.2) is 36.4 Å². The molecule has 0 amide bonds. The van der Waals surface area contributed by atoms with E-state index in [-0.39, 0.29) is 6.10 Å². The van der Waals surface area contributed by atoms with Crippen LogP contribution < -0.4 is 0 Å². The molecule has 2 nitrogen and oxygen atoms in total. The number of aliphatic hydroxyl groups is 1. The highest BCUT2D eigenvalue weighted by Gasteiger charge is 2.23. The molecule has 0 heterocycles. The predicted molar refractivity (Wildman–Crippen MR) is 92.0 cm³/mol. The first-order valence-electron chi connectivity index (χ1n) is 8.14. The summed E-state index contributed by atoms with van der Waals surface area (Å²) in [6, 6.07) is 10.2. The van der Waals surface area contributed by atoms with E-state index in [1.54, 1.807) is 0 Å². The van der Waals surface area contributed by atoms with E-state index in [1.165, 1.54) is 19.3 Å². The van der Waals surface area contributed by atoms with Crippen LogP contribution in [0.3, 0.4) is 0 Å². The van der Waals surface area contributed by atoms with Crippen LogP contribution in [0.25, 0.3) is 6.08 Å². The number of hydrogen-bond acceptors (Lipinski definition) is 1. The van der Waals surface area contributed by atoms with E-state index >= 15 is 0 Å². The van der Waals surface area contributed by atoms with Crippen molar-refractivity contribution in [1.82, 2.24) is 0 Å². The van der Waals surface area contributed by atoms with Crippen molar-refractivity contribution in [2.75, 3.05) is 27.7 Å². The summed E-state index contributed by atoms with van der Waals surface area (Å²) in [5.41, 5.74) is 1.15. The lowest BCUT2D eigenvalue weighted by Crippen LogP contribution is -2.42. The third kappa shape index (κ3) is 8.03. The number of benzene rings is 1. The second-order valence-electron chi connectivity index (χ2n) is 6.99. The summed E-state index contributed by atoms with van der Waals surface area (Å²) in [4.78, 5) is 0. The number of aliphatic hydroxyl groups excluding tert-OH is 1. The van der Waals surface area contributed by atoms with Crippen LogP contribution in [-0.4, -0.2) is 43.4 Å².